The number of benzene rings is 7. The summed E-state index contributed by atoms with van der Waals surface area (Å²) in [5.74, 6) is 0. The van der Waals surface area contributed by atoms with E-state index in [0.29, 0.717) is 11.1 Å². The molecule has 0 radical (unpaired) electrons. The van der Waals surface area contributed by atoms with Crippen molar-refractivity contribution in [2.75, 3.05) is 0 Å². The highest BCUT2D eigenvalue weighted by Gasteiger charge is 2.25. The van der Waals surface area contributed by atoms with Gasteiger partial charge in [0.05, 0.1) is 56.0 Å². The second-order valence-electron chi connectivity index (χ2n) is 12.4. The minimum atomic E-state index is 0.625. The Morgan fingerprint density at radius 2 is 0.939 bits per heavy atom. The maximum atomic E-state index is 10.1. The maximum Gasteiger partial charge on any atom is 0.101 e. The van der Waals surface area contributed by atoms with E-state index in [2.05, 4.69) is 135 Å². The first kappa shape index (κ1) is 27.1. The van der Waals surface area contributed by atoms with E-state index in [0.717, 1.165) is 82.5 Å². The highest BCUT2D eigenvalue weighted by atomic mass is 15.0. The molecule has 0 spiro atoms. The SMILES string of the molecule is N#Cc1ccc2c3c(ccc4c5ccc6c(c7ccccc7n6-c6ccccc6C#N)c5n(-c5ccccc5)c43)n(-c3ccccc3)c2c1. The summed E-state index contributed by atoms with van der Waals surface area (Å²) in [5.41, 5.74) is 10.6. The summed E-state index contributed by atoms with van der Waals surface area (Å²) in [6, 6.07) is 57.0. The second-order valence-corrected chi connectivity index (χ2v) is 12.4. The lowest BCUT2D eigenvalue weighted by atomic mass is 10.1. The van der Waals surface area contributed by atoms with Crippen LogP contribution in [0.25, 0.3) is 82.5 Å². The van der Waals surface area contributed by atoms with Gasteiger partial charge in [-0.3, -0.25) is 0 Å². The topological polar surface area (TPSA) is 62.4 Å². The van der Waals surface area contributed by atoms with Crippen LogP contribution in [0.5, 0.6) is 0 Å². The third-order valence-corrected chi connectivity index (χ3v) is 9.88. The van der Waals surface area contributed by atoms with Crippen molar-refractivity contribution in [1.29, 1.82) is 10.5 Å². The maximum absolute atomic E-state index is 10.1. The van der Waals surface area contributed by atoms with E-state index < -0.39 is 0 Å². The zero-order chi connectivity index (χ0) is 32.6. The van der Waals surface area contributed by atoms with Crippen LogP contribution in [0.3, 0.4) is 0 Å². The number of hydrogen-bond donors (Lipinski definition) is 0. The Hall–Kier alpha value is -7.08. The summed E-state index contributed by atoms with van der Waals surface area (Å²) in [7, 11) is 0. The second kappa shape index (κ2) is 10.2. The van der Waals surface area contributed by atoms with Crippen LogP contribution < -0.4 is 0 Å². The lowest BCUT2D eigenvalue weighted by molar-refractivity contribution is 1.16. The Labute approximate surface area is 280 Å². The van der Waals surface area contributed by atoms with Gasteiger partial charge in [-0.25, -0.2) is 0 Å². The van der Waals surface area contributed by atoms with Crippen LogP contribution in [0, 0.1) is 22.7 Å². The van der Waals surface area contributed by atoms with Crippen molar-refractivity contribution in [3.63, 3.8) is 0 Å². The Bertz CT molecular complexity index is 3050. The van der Waals surface area contributed by atoms with Gasteiger partial charge in [0, 0.05) is 43.7 Å². The van der Waals surface area contributed by atoms with E-state index in [-0.39, 0.29) is 0 Å². The van der Waals surface area contributed by atoms with Gasteiger partial charge < -0.3 is 13.7 Å². The fraction of sp³-hybridized carbons (Fsp3) is 0. The largest absolute Gasteiger partial charge is 0.309 e. The van der Waals surface area contributed by atoms with Gasteiger partial charge in [0.25, 0.3) is 0 Å². The number of rotatable bonds is 3. The van der Waals surface area contributed by atoms with Crippen molar-refractivity contribution < 1.29 is 0 Å². The van der Waals surface area contributed by atoms with Gasteiger partial charge >= 0.3 is 0 Å². The van der Waals surface area contributed by atoms with Gasteiger partial charge in [-0.1, -0.05) is 84.9 Å². The molecule has 0 aliphatic carbocycles. The van der Waals surface area contributed by atoms with Gasteiger partial charge in [0.2, 0.25) is 0 Å². The van der Waals surface area contributed by atoms with E-state index in [1.54, 1.807) is 0 Å². The Balaban J connectivity index is 1.47. The number of nitrogens with zero attached hydrogens (tertiary/aromatic N) is 5. The fourth-order valence-corrected chi connectivity index (χ4v) is 7.93. The van der Waals surface area contributed by atoms with Crippen LogP contribution >= 0.6 is 0 Å². The predicted molar refractivity (Wildman–Crippen MR) is 199 cm³/mol. The highest BCUT2D eigenvalue weighted by Crippen LogP contribution is 2.46. The van der Waals surface area contributed by atoms with E-state index >= 15 is 0 Å². The molecule has 5 heteroatoms. The summed E-state index contributed by atoms with van der Waals surface area (Å²) in [5, 5.41) is 26.8. The molecule has 0 aliphatic heterocycles. The summed E-state index contributed by atoms with van der Waals surface area (Å²) >= 11 is 0. The molecule has 10 aromatic rings. The molecule has 10 rings (SSSR count). The lowest BCUT2D eigenvalue weighted by Crippen LogP contribution is -1.97. The molecule has 0 unspecified atom stereocenters. The third kappa shape index (κ3) is 3.67. The Morgan fingerprint density at radius 3 is 1.61 bits per heavy atom. The molecule has 0 saturated heterocycles. The Kier molecular flexibility index (Phi) is 5.64. The molecule has 0 aliphatic rings. The van der Waals surface area contributed by atoms with E-state index in [1.807, 2.05) is 42.5 Å². The fourth-order valence-electron chi connectivity index (χ4n) is 7.93. The van der Waals surface area contributed by atoms with E-state index in [9.17, 15) is 10.5 Å². The number of aromatic nitrogens is 3. The van der Waals surface area contributed by atoms with Gasteiger partial charge in [-0.15, -0.1) is 0 Å². The summed E-state index contributed by atoms with van der Waals surface area (Å²) < 4.78 is 6.93. The van der Waals surface area contributed by atoms with Crippen molar-refractivity contribution in [1.82, 2.24) is 13.7 Å². The summed E-state index contributed by atoms with van der Waals surface area (Å²) in [4.78, 5) is 0. The molecule has 3 heterocycles. The van der Waals surface area contributed by atoms with Crippen molar-refractivity contribution >= 4 is 65.4 Å². The molecule has 0 saturated carbocycles. The van der Waals surface area contributed by atoms with Gasteiger partial charge in [0.15, 0.2) is 0 Å². The molecule has 0 fully saturated rings. The zero-order valence-corrected chi connectivity index (χ0v) is 26.2. The van der Waals surface area contributed by atoms with Crippen molar-refractivity contribution in [3.05, 3.63) is 163 Å². The minimum Gasteiger partial charge on any atom is -0.309 e. The molecule has 0 N–H and O–H groups in total. The smallest absolute Gasteiger partial charge is 0.101 e. The molecular formula is C44H25N5. The Morgan fingerprint density at radius 1 is 0.388 bits per heavy atom. The summed E-state index contributed by atoms with van der Waals surface area (Å²) in [6.07, 6.45) is 0. The lowest BCUT2D eigenvalue weighted by Gasteiger charge is -2.11. The molecule has 0 amide bonds. The summed E-state index contributed by atoms with van der Waals surface area (Å²) in [6.45, 7) is 0. The molecule has 49 heavy (non-hydrogen) atoms. The molecule has 5 nitrogen and oxygen atoms in total. The monoisotopic (exact) mass is 623 g/mol. The van der Waals surface area contributed by atoms with Crippen LogP contribution in [0.4, 0.5) is 0 Å². The zero-order valence-electron chi connectivity index (χ0n) is 26.2. The van der Waals surface area contributed by atoms with Gasteiger partial charge in [-0.05, 0) is 66.7 Å². The molecule has 0 atom stereocenters. The normalized spacial score (nSPS) is 11.6. The minimum absolute atomic E-state index is 0.625. The van der Waals surface area contributed by atoms with Crippen molar-refractivity contribution in [2.45, 2.75) is 0 Å². The van der Waals surface area contributed by atoms with E-state index in [1.165, 1.54) is 0 Å². The van der Waals surface area contributed by atoms with Crippen LogP contribution in [0.1, 0.15) is 11.1 Å². The molecule has 0 bridgehead atoms. The number of fused-ring (bicyclic) bond motifs is 11. The first-order valence-electron chi connectivity index (χ1n) is 16.2. The number of nitriles is 2. The van der Waals surface area contributed by atoms with E-state index in [4.69, 9.17) is 0 Å². The molecule has 3 aromatic heterocycles. The average molecular weight is 624 g/mol. The third-order valence-electron chi connectivity index (χ3n) is 9.88. The number of para-hydroxylation sites is 4. The predicted octanol–water partition coefficient (Wildman–Crippen LogP) is 10.7. The molecule has 226 valence electrons. The van der Waals surface area contributed by atoms with Crippen LogP contribution in [-0.4, -0.2) is 13.7 Å². The molecular weight excluding hydrogens is 599 g/mol. The van der Waals surface area contributed by atoms with Gasteiger partial charge in [-0.2, -0.15) is 10.5 Å². The average Bonchev–Trinajstić information content (AvgIpc) is 3.80. The quantitative estimate of drug-likeness (QED) is 0.197. The van der Waals surface area contributed by atoms with Crippen molar-refractivity contribution in [2.24, 2.45) is 0 Å². The van der Waals surface area contributed by atoms with Gasteiger partial charge in [0.1, 0.15) is 6.07 Å². The van der Waals surface area contributed by atoms with Crippen LogP contribution in [0.2, 0.25) is 0 Å². The molecule has 7 aromatic carbocycles. The van der Waals surface area contributed by atoms with Crippen LogP contribution in [0.15, 0.2) is 152 Å². The number of hydrogen-bond acceptors (Lipinski definition) is 2. The standard InChI is InChI=1S/C44H25N5/c45-26-28-19-20-35-40(25-28)47(30-12-3-1-4-13-30)38-23-21-32-33-22-24-39-41(43(33)48(44(32)42(35)38)31-14-5-2-6-15-31)34-16-8-10-18-37(34)49(39)36-17-9-7-11-29(36)27-46/h1-25H. The first-order chi connectivity index (χ1) is 24.3. The van der Waals surface area contributed by atoms with Crippen LogP contribution in [-0.2, 0) is 0 Å². The van der Waals surface area contributed by atoms with Crippen molar-refractivity contribution in [3.8, 4) is 29.2 Å². The highest BCUT2D eigenvalue weighted by molar-refractivity contribution is 6.31. The first-order valence-corrected chi connectivity index (χ1v) is 16.2.